The summed E-state index contributed by atoms with van der Waals surface area (Å²) in [7, 11) is 0. The Morgan fingerprint density at radius 1 is 0.895 bits per heavy atom. The first-order valence-corrected chi connectivity index (χ1v) is 20.5. The fourth-order valence-electron chi connectivity index (χ4n) is 8.53. The maximum absolute atomic E-state index is 12.9. The predicted octanol–water partition coefficient (Wildman–Crippen LogP) is -6.14. The van der Waals surface area contributed by atoms with Crippen molar-refractivity contribution in [1.29, 1.82) is 0 Å². The summed E-state index contributed by atoms with van der Waals surface area (Å²) in [5.74, 6) is -0.805. The van der Waals surface area contributed by atoms with Gasteiger partial charge in [-0.15, -0.1) is 0 Å². The zero-order valence-electron chi connectivity index (χ0n) is 32.8. The molecule has 18 N–H and O–H groups in total. The maximum Gasteiger partial charge on any atom is 0.249 e. The third kappa shape index (κ3) is 11.6. The Balaban J connectivity index is 1.33. The zero-order valence-corrected chi connectivity index (χ0v) is 32.8. The van der Waals surface area contributed by atoms with E-state index in [4.69, 9.17) is 51.4 Å². The summed E-state index contributed by atoms with van der Waals surface area (Å²) in [4.78, 5) is 12.9. The van der Waals surface area contributed by atoms with E-state index in [-0.39, 0.29) is 38.0 Å². The van der Waals surface area contributed by atoms with E-state index >= 15 is 0 Å². The van der Waals surface area contributed by atoms with Gasteiger partial charge in [0, 0.05) is 31.6 Å². The molecule has 21 heteroatoms. The fraction of sp³-hybridized carbons (Fsp3) is 0.972. The molecule has 5 rings (SSSR count). The van der Waals surface area contributed by atoms with Crippen LogP contribution in [-0.2, 0) is 33.2 Å². The molecule has 0 aromatic rings. The Kier molecular flexibility index (Phi) is 17.6. The van der Waals surface area contributed by atoms with E-state index in [0.717, 1.165) is 38.8 Å². The summed E-state index contributed by atoms with van der Waals surface area (Å²) in [5.41, 5.74) is 23.3. The van der Waals surface area contributed by atoms with Crippen LogP contribution >= 0.6 is 0 Å². The van der Waals surface area contributed by atoms with Crippen molar-refractivity contribution in [3.05, 3.63) is 0 Å². The van der Waals surface area contributed by atoms with Crippen LogP contribution in [0.25, 0.3) is 0 Å². The van der Waals surface area contributed by atoms with Crippen molar-refractivity contribution in [2.75, 3.05) is 45.9 Å². The molecule has 21 nitrogen and oxygen atoms in total. The van der Waals surface area contributed by atoms with E-state index in [1.54, 1.807) is 0 Å². The van der Waals surface area contributed by atoms with Crippen molar-refractivity contribution in [1.82, 2.24) is 16.0 Å². The number of ether oxygens (including phenoxy) is 6. The maximum atomic E-state index is 12.9. The SMILES string of the molecule is CCCC1CCC(CNCC2(O)CCNCC2)OC1OC1C(N)CC(NC(=O)C(O)CCN)C(O)C1OC1OC(CO)C(OC2OC(CN)C(O)C(O)C2N)C1O. The average molecular weight is 824 g/mol. The first kappa shape index (κ1) is 46.8. The first-order valence-electron chi connectivity index (χ1n) is 20.5. The number of nitrogens with one attached hydrogen (secondary N) is 3. The van der Waals surface area contributed by atoms with Gasteiger partial charge in [-0.25, -0.2) is 0 Å². The Bertz CT molecular complexity index is 1230. The lowest BCUT2D eigenvalue weighted by Crippen LogP contribution is -2.66. The van der Waals surface area contributed by atoms with Gasteiger partial charge < -0.3 is 103 Å². The smallest absolute Gasteiger partial charge is 0.249 e. The van der Waals surface area contributed by atoms with Crippen LogP contribution in [0.1, 0.15) is 58.3 Å². The quantitative estimate of drug-likeness (QED) is 0.0611. The van der Waals surface area contributed by atoms with Crippen molar-refractivity contribution in [2.24, 2.45) is 28.9 Å². The van der Waals surface area contributed by atoms with E-state index in [0.29, 0.717) is 25.9 Å². The van der Waals surface area contributed by atoms with Crippen LogP contribution in [0.4, 0.5) is 0 Å². The van der Waals surface area contributed by atoms with Crippen molar-refractivity contribution >= 4 is 5.91 Å². The van der Waals surface area contributed by atoms with E-state index in [2.05, 4.69) is 22.9 Å². The van der Waals surface area contributed by atoms with Crippen LogP contribution in [0.15, 0.2) is 0 Å². The van der Waals surface area contributed by atoms with Crippen molar-refractivity contribution < 1.29 is 69.0 Å². The second-order valence-electron chi connectivity index (χ2n) is 16.3. The summed E-state index contributed by atoms with van der Waals surface area (Å²) in [6.07, 6.45) is -13.0. The number of piperidine rings is 1. The molecule has 5 aliphatic rings. The minimum atomic E-state index is -1.63. The van der Waals surface area contributed by atoms with Gasteiger partial charge in [0.15, 0.2) is 18.9 Å². The number of amides is 1. The van der Waals surface area contributed by atoms with Crippen molar-refractivity contribution in [2.45, 2.75) is 168 Å². The molecule has 4 saturated heterocycles. The fourth-order valence-corrected chi connectivity index (χ4v) is 8.53. The Morgan fingerprint density at radius 3 is 2.25 bits per heavy atom. The van der Waals surface area contributed by atoms with Gasteiger partial charge in [-0.3, -0.25) is 4.79 Å². The van der Waals surface area contributed by atoms with Gasteiger partial charge in [0.2, 0.25) is 5.91 Å². The van der Waals surface area contributed by atoms with Crippen LogP contribution in [0.5, 0.6) is 0 Å². The average Bonchev–Trinajstić information content (AvgIpc) is 3.49. The molecule has 1 amide bonds. The highest BCUT2D eigenvalue weighted by Crippen LogP contribution is 2.37. The van der Waals surface area contributed by atoms with Gasteiger partial charge in [-0.05, 0) is 64.6 Å². The number of hydrogen-bond donors (Lipinski definition) is 14. The molecule has 0 aromatic heterocycles. The number of hydrogen-bond acceptors (Lipinski definition) is 20. The molecule has 4 aliphatic heterocycles. The van der Waals surface area contributed by atoms with Crippen molar-refractivity contribution in [3.63, 3.8) is 0 Å². The number of carbonyl (C=O) groups excluding carboxylic acids is 1. The minimum absolute atomic E-state index is 0.0147. The molecule has 0 bridgehead atoms. The highest BCUT2D eigenvalue weighted by molar-refractivity contribution is 5.80. The Labute approximate surface area is 333 Å². The summed E-state index contributed by atoms with van der Waals surface area (Å²) in [6.45, 7) is 3.64. The first-order chi connectivity index (χ1) is 27.2. The highest BCUT2D eigenvalue weighted by atomic mass is 16.8. The molecule has 1 saturated carbocycles. The zero-order chi connectivity index (χ0) is 41.4. The number of nitrogens with two attached hydrogens (primary N) is 4. The van der Waals surface area contributed by atoms with E-state index in [9.17, 15) is 40.5 Å². The van der Waals surface area contributed by atoms with Gasteiger partial charge in [0.1, 0.15) is 61.0 Å². The molecule has 332 valence electrons. The molecule has 0 radical (unpaired) electrons. The van der Waals surface area contributed by atoms with E-state index in [1.807, 2.05) is 0 Å². The summed E-state index contributed by atoms with van der Waals surface area (Å²) in [5, 5.41) is 85.0. The molecular weight excluding hydrogens is 754 g/mol. The molecule has 18 unspecified atom stereocenters. The number of aliphatic hydroxyl groups is 7. The molecule has 57 heavy (non-hydrogen) atoms. The molecule has 18 atom stereocenters. The van der Waals surface area contributed by atoms with Gasteiger partial charge >= 0.3 is 0 Å². The normalized spacial score (nSPS) is 43.1. The lowest BCUT2D eigenvalue weighted by molar-refractivity contribution is -0.297. The Morgan fingerprint density at radius 2 is 1.58 bits per heavy atom. The standard InChI is InChI=1S/C36H69N7O14/c1-2-3-17-4-5-18(14-42-16-36(51)7-10-41-11-8-36)52-33(17)55-29-19(39)12-20(43-32(50)21(45)6-9-37)25(46)31(29)57-35-28(49)30(23(15-44)54-35)56-34-24(40)27(48)26(47)22(13-38)53-34/h17-31,33-35,41-42,44-49,51H,2-16,37-40H2,1H3,(H,43,50). The second-order valence-corrected chi connectivity index (χ2v) is 16.3. The Hall–Kier alpha value is -1.29. The largest absolute Gasteiger partial charge is 0.394 e. The predicted molar refractivity (Wildman–Crippen MR) is 201 cm³/mol. The number of rotatable bonds is 18. The highest BCUT2D eigenvalue weighted by Gasteiger charge is 2.54. The van der Waals surface area contributed by atoms with Gasteiger partial charge in [-0.2, -0.15) is 0 Å². The van der Waals surface area contributed by atoms with E-state index < -0.39 is 116 Å². The molecule has 1 aliphatic carbocycles. The van der Waals surface area contributed by atoms with Crippen LogP contribution in [0.2, 0.25) is 0 Å². The monoisotopic (exact) mass is 823 g/mol. The molecule has 0 spiro atoms. The molecule has 0 aromatic carbocycles. The number of aliphatic hydroxyl groups excluding tert-OH is 6. The molecule has 5 fully saturated rings. The molecule has 4 heterocycles. The second kappa shape index (κ2) is 21.5. The minimum Gasteiger partial charge on any atom is -0.394 e. The van der Waals surface area contributed by atoms with Crippen LogP contribution in [0, 0.1) is 5.92 Å². The third-order valence-electron chi connectivity index (χ3n) is 12.0. The molecular formula is C36H69N7O14. The lowest BCUT2D eigenvalue weighted by Gasteiger charge is -2.47. The van der Waals surface area contributed by atoms with Crippen LogP contribution < -0.4 is 38.9 Å². The summed E-state index contributed by atoms with van der Waals surface area (Å²) < 4.78 is 37.1. The van der Waals surface area contributed by atoms with Gasteiger partial charge in [0.05, 0.1) is 30.4 Å². The van der Waals surface area contributed by atoms with E-state index in [1.165, 1.54) is 0 Å². The van der Waals surface area contributed by atoms with Crippen molar-refractivity contribution in [3.8, 4) is 0 Å². The number of carbonyl (C=O) groups is 1. The lowest BCUT2D eigenvalue weighted by atomic mass is 9.83. The summed E-state index contributed by atoms with van der Waals surface area (Å²) in [6, 6.07) is -3.16. The van der Waals surface area contributed by atoms with Gasteiger partial charge in [-0.1, -0.05) is 13.3 Å². The summed E-state index contributed by atoms with van der Waals surface area (Å²) >= 11 is 0. The van der Waals surface area contributed by atoms with Gasteiger partial charge in [0.25, 0.3) is 0 Å². The van der Waals surface area contributed by atoms with Crippen LogP contribution in [-0.4, -0.2) is 197 Å². The van der Waals surface area contributed by atoms with Crippen LogP contribution in [0.3, 0.4) is 0 Å². The third-order valence-corrected chi connectivity index (χ3v) is 12.0. The topological polar surface area (TPSA) is 354 Å².